The van der Waals surface area contributed by atoms with Crippen molar-refractivity contribution in [3.05, 3.63) is 60.0 Å². The number of ether oxygens (including phenoxy) is 1. The zero-order chi connectivity index (χ0) is 20.2. The van der Waals surface area contributed by atoms with E-state index in [9.17, 15) is 4.79 Å². The number of methoxy groups -OCH3 is 1. The second-order valence-corrected chi connectivity index (χ2v) is 7.19. The zero-order valence-electron chi connectivity index (χ0n) is 16.6. The molecule has 7 heteroatoms. The van der Waals surface area contributed by atoms with Crippen molar-refractivity contribution >= 4 is 11.7 Å². The number of benzene rings is 2. The third-order valence-corrected chi connectivity index (χ3v) is 5.11. The van der Waals surface area contributed by atoms with E-state index in [4.69, 9.17) is 9.26 Å². The largest absolute Gasteiger partial charge is 0.497 e. The van der Waals surface area contributed by atoms with Crippen molar-refractivity contribution in [1.82, 2.24) is 15.0 Å². The number of hydrogen-bond donors (Lipinski definition) is 1. The smallest absolute Gasteiger partial charge is 0.322 e. The second-order valence-electron chi connectivity index (χ2n) is 7.19. The van der Waals surface area contributed by atoms with Crippen LogP contribution in [-0.4, -0.2) is 34.7 Å². The molecule has 150 valence electrons. The highest BCUT2D eigenvalue weighted by molar-refractivity contribution is 5.89. The molecule has 0 bridgehead atoms. The Labute approximate surface area is 169 Å². The molecule has 1 saturated heterocycles. The summed E-state index contributed by atoms with van der Waals surface area (Å²) in [5, 5.41) is 7.09. The molecule has 3 aromatic rings. The van der Waals surface area contributed by atoms with E-state index in [-0.39, 0.29) is 12.1 Å². The molecule has 1 N–H and O–H groups in total. The molecule has 1 aromatic heterocycles. The summed E-state index contributed by atoms with van der Waals surface area (Å²) in [7, 11) is 1.61. The van der Waals surface area contributed by atoms with Crippen molar-refractivity contribution in [3.8, 4) is 17.1 Å². The number of rotatable bonds is 4. The first kappa shape index (κ1) is 19.0. The van der Waals surface area contributed by atoms with Gasteiger partial charge in [0.15, 0.2) is 0 Å². The first-order valence-electron chi connectivity index (χ1n) is 9.76. The predicted molar refractivity (Wildman–Crippen MR) is 110 cm³/mol. The summed E-state index contributed by atoms with van der Waals surface area (Å²) >= 11 is 0. The number of nitrogens with one attached hydrogen (secondary N) is 1. The van der Waals surface area contributed by atoms with Crippen LogP contribution < -0.4 is 10.1 Å². The van der Waals surface area contributed by atoms with Crippen LogP contribution in [0, 0.1) is 6.92 Å². The van der Waals surface area contributed by atoms with Gasteiger partial charge in [0.25, 0.3) is 0 Å². The highest BCUT2D eigenvalue weighted by Gasteiger charge is 2.32. The lowest BCUT2D eigenvalue weighted by atomic mass is 10.0. The lowest BCUT2D eigenvalue weighted by Gasteiger charge is -2.33. The summed E-state index contributed by atoms with van der Waals surface area (Å²) in [4.78, 5) is 19.3. The van der Waals surface area contributed by atoms with Gasteiger partial charge >= 0.3 is 6.03 Å². The molecule has 7 nitrogen and oxygen atoms in total. The molecule has 2 heterocycles. The van der Waals surface area contributed by atoms with Crippen LogP contribution in [0.1, 0.15) is 36.8 Å². The molecule has 1 aliphatic rings. The molecular formula is C22H24N4O3. The topological polar surface area (TPSA) is 80.5 Å². The minimum absolute atomic E-state index is 0.171. The van der Waals surface area contributed by atoms with Gasteiger partial charge in [-0.25, -0.2) is 4.79 Å². The fourth-order valence-corrected chi connectivity index (χ4v) is 3.57. The molecule has 4 rings (SSSR count). The molecule has 0 spiro atoms. The Morgan fingerprint density at radius 2 is 2.03 bits per heavy atom. The molecule has 1 unspecified atom stereocenters. The average molecular weight is 392 g/mol. The molecule has 1 atom stereocenters. The third kappa shape index (κ3) is 4.23. The Hall–Kier alpha value is -3.35. The highest BCUT2D eigenvalue weighted by atomic mass is 16.5. The molecular weight excluding hydrogens is 368 g/mol. The van der Waals surface area contributed by atoms with Gasteiger partial charge in [0.1, 0.15) is 11.8 Å². The Balaban J connectivity index is 1.52. The van der Waals surface area contributed by atoms with Gasteiger partial charge in [-0.2, -0.15) is 4.98 Å². The number of likely N-dealkylation sites (tertiary alicyclic amines) is 1. The first-order valence-corrected chi connectivity index (χ1v) is 9.76. The summed E-state index contributed by atoms with van der Waals surface area (Å²) < 4.78 is 10.7. The maximum Gasteiger partial charge on any atom is 0.322 e. The Bertz CT molecular complexity index is 984. The van der Waals surface area contributed by atoms with E-state index in [0.29, 0.717) is 23.9 Å². The van der Waals surface area contributed by atoms with Crippen LogP contribution in [-0.2, 0) is 0 Å². The van der Waals surface area contributed by atoms with Crippen molar-refractivity contribution in [2.45, 2.75) is 32.2 Å². The lowest BCUT2D eigenvalue weighted by molar-refractivity contribution is 0.142. The normalized spacial score (nSPS) is 16.5. The molecule has 0 radical (unpaired) electrons. The highest BCUT2D eigenvalue weighted by Crippen LogP contribution is 2.32. The van der Waals surface area contributed by atoms with Crippen LogP contribution in [0.15, 0.2) is 53.1 Å². The van der Waals surface area contributed by atoms with Gasteiger partial charge < -0.3 is 19.5 Å². The van der Waals surface area contributed by atoms with Crippen LogP contribution in [0.4, 0.5) is 10.5 Å². The Morgan fingerprint density at radius 1 is 1.21 bits per heavy atom. The standard InChI is InChI=1S/C22H24N4O3/c1-15-6-5-7-16(14-15)20-24-21(29-25-20)19-8-3-4-13-26(19)22(27)23-17-9-11-18(28-2)12-10-17/h5-7,9-12,14,19H,3-4,8,13H2,1-2H3,(H,23,27). The number of piperidine rings is 1. The quantitative estimate of drug-likeness (QED) is 0.689. The molecule has 1 fully saturated rings. The minimum atomic E-state index is -0.229. The van der Waals surface area contributed by atoms with Gasteiger partial charge in [-0.1, -0.05) is 28.9 Å². The van der Waals surface area contributed by atoms with Gasteiger partial charge in [-0.15, -0.1) is 0 Å². The van der Waals surface area contributed by atoms with Crippen LogP contribution in [0.25, 0.3) is 11.4 Å². The van der Waals surface area contributed by atoms with E-state index in [2.05, 4.69) is 15.5 Å². The molecule has 0 saturated carbocycles. The SMILES string of the molecule is COc1ccc(NC(=O)N2CCCCC2c2nc(-c3cccc(C)c3)no2)cc1. The van der Waals surface area contributed by atoms with E-state index in [1.807, 2.05) is 55.5 Å². The number of carbonyl (C=O) groups excluding carboxylic acids is 1. The number of hydrogen-bond acceptors (Lipinski definition) is 5. The van der Waals surface area contributed by atoms with Crippen molar-refractivity contribution in [2.24, 2.45) is 0 Å². The van der Waals surface area contributed by atoms with Gasteiger partial charge in [0.05, 0.1) is 7.11 Å². The van der Waals surface area contributed by atoms with Crippen LogP contribution in [0.5, 0.6) is 5.75 Å². The van der Waals surface area contributed by atoms with Crippen molar-refractivity contribution < 1.29 is 14.1 Å². The number of aryl methyl sites for hydroxylation is 1. The lowest BCUT2D eigenvalue weighted by Crippen LogP contribution is -2.41. The minimum Gasteiger partial charge on any atom is -0.497 e. The van der Waals surface area contributed by atoms with Gasteiger partial charge in [-0.3, -0.25) is 0 Å². The summed E-state index contributed by atoms with van der Waals surface area (Å²) in [6, 6.07) is 14.8. The van der Waals surface area contributed by atoms with Crippen molar-refractivity contribution in [3.63, 3.8) is 0 Å². The van der Waals surface area contributed by atoms with E-state index in [1.54, 1.807) is 12.0 Å². The number of urea groups is 1. The number of amides is 2. The monoisotopic (exact) mass is 392 g/mol. The number of nitrogens with zero attached hydrogens (tertiary/aromatic N) is 3. The average Bonchev–Trinajstić information content (AvgIpc) is 3.24. The summed E-state index contributed by atoms with van der Waals surface area (Å²) in [5.41, 5.74) is 2.75. The van der Waals surface area contributed by atoms with E-state index in [0.717, 1.165) is 36.1 Å². The number of aromatic nitrogens is 2. The molecule has 29 heavy (non-hydrogen) atoms. The van der Waals surface area contributed by atoms with E-state index < -0.39 is 0 Å². The third-order valence-electron chi connectivity index (χ3n) is 5.11. The van der Waals surface area contributed by atoms with Crippen molar-refractivity contribution in [2.75, 3.05) is 19.0 Å². The summed E-state index contributed by atoms with van der Waals surface area (Å²) in [5.74, 6) is 1.77. The van der Waals surface area contributed by atoms with Gasteiger partial charge in [0, 0.05) is 17.8 Å². The second kappa shape index (κ2) is 8.34. The maximum atomic E-state index is 12.9. The molecule has 2 amide bonds. The number of anilines is 1. The summed E-state index contributed by atoms with van der Waals surface area (Å²) in [6.45, 7) is 2.67. The fourth-order valence-electron chi connectivity index (χ4n) is 3.57. The van der Waals surface area contributed by atoms with Crippen molar-refractivity contribution in [1.29, 1.82) is 0 Å². The Morgan fingerprint density at radius 3 is 2.79 bits per heavy atom. The fraction of sp³-hybridized carbons (Fsp3) is 0.318. The van der Waals surface area contributed by atoms with E-state index >= 15 is 0 Å². The zero-order valence-corrected chi connectivity index (χ0v) is 16.6. The maximum absolute atomic E-state index is 12.9. The predicted octanol–water partition coefficient (Wildman–Crippen LogP) is 4.81. The summed E-state index contributed by atoms with van der Waals surface area (Å²) in [6.07, 6.45) is 2.76. The van der Waals surface area contributed by atoms with Gasteiger partial charge in [-0.05, 0) is 56.5 Å². The molecule has 0 aliphatic carbocycles. The first-order chi connectivity index (χ1) is 14.1. The van der Waals surface area contributed by atoms with Crippen LogP contribution in [0.3, 0.4) is 0 Å². The number of carbonyl (C=O) groups is 1. The molecule has 2 aromatic carbocycles. The van der Waals surface area contributed by atoms with Gasteiger partial charge in [0.2, 0.25) is 11.7 Å². The van der Waals surface area contributed by atoms with Crippen LogP contribution >= 0.6 is 0 Å². The van der Waals surface area contributed by atoms with Crippen LogP contribution in [0.2, 0.25) is 0 Å². The molecule has 1 aliphatic heterocycles. The Kier molecular flexibility index (Phi) is 5.46. The van der Waals surface area contributed by atoms with E-state index in [1.165, 1.54) is 0 Å².